The summed E-state index contributed by atoms with van der Waals surface area (Å²) < 4.78 is 82.7. The van der Waals surface area contributed by atoms with E-state index < -0.39 is 29.0 Å². The van der Waals surface area contributed by atoms with Crippen LogP contribution < -0.4 is 0 Å². The number of nitriles is 1. The van der Waals surface area contributed by atoms with Crippen molar-refractivity contribution in [1.82, 2.24) is 4.90 Å². The molecule has 0 amide bonds. The van der Waals surface area contributed by atoms with E-state index in [1.807, 2.05) is 25.7 Å². The van der Waals surface area contributed by atoms with Gasteiger partial charge in [0.2, 0.25) is 5.88 Å². The predicted octanol–water partition coefficient (Wildman–Crippen LogP) is 11.6. The van der Waals surface area contributed by atoms with Crippen LogP contribution in [0.3, 0.4) is 0 Å². The molecule has 256 valence electrons. The van der Waals surface area contributed by atoms with Crippen molar-refractivity contribution in [2.24, 2.45) is 16.8 Å². The minimum atomic E-state index is -5.00. The fourth-order valence-electron chi connectivity index (χ4n) is 6.11. The molecule has 10 heteroatoms. The molecule has 0 aliphatic heterocycles. The summed E-state index contributed by atoms with van der Waals surface area (Å²) in [6.07, 6.45) is -0.707. The van der Waals surface area contributed by atoms with Crippen LogP contribution in [0.5, 0.6) is 0 Å². The quantitative estimate of drug-likeness (QED) is 0.157. The lowest BCUT2D eigenvalue weighted by molar-refractivity contribution is -0.0872. The first-order chi connectivity index (χ1) is 22.1. The number of thiophene rings is 1. The van der Waals surface area contributed by atoms with Crippen molar-refractivity contribution in [1.29, 1.82) is 5.26 Å². The zero-order chi connectivity index (χ0) is 35.4. The molecule has 0 saturated heterocycles. The Labute approximate surface area is 280 Å². The van der Waals surface area contributed by atoms with E-state index in [2.05, 4.69) is 45.3 Å². The van der Waals surface area contributed by atoms with Gasteiger partial charge in [-0.2, -0.15) is 18.4 Å². The number of fused-ring (bicyclic) bond motifs is 1. The van der Waals surface area contributed by atoms with Gasteiger partial charge in [0, 0.05) is 39.7 Å². The highest BCUT2D eigenvalue weighted by molar-refractivity contribution is 7.19. The summed E-state index contributed by atoms with van der Waals surface area (Å²) in [4.78, 5) is 6.83. The highest BCUT2D eigenvalue weighted by atomic mass is 32.1. The van der Waals surface area contributed by atoms with Gasteiger partial charge in [0.1, 0.15) is 17.6 Å². The second kappa shape index (κ2) is 15.6. The summed E-state index contributed by atoms with van der Waals surface area (Å²) in [6, 6.07) is 4.19. The topological polar surface area (TPSA) is 48.6 Å². The largest absolute Gasteiger partial charge is 0.481 e. The number of methoxy groups -OCH3 is 1. The van der Waals surface area contributed by atoms with Gasteiger partial charge in [-0.1, -0.05) is 54.0 Å². The molecule has 47 heavy (non-hydrogen) atoms. The van der Waals surface area contributed by atoms with Crippen LogP contribution in [0.4, 0.5) is 22.0 Å². The highest BCUT2D eigenvalue weighted by Crippen LogP contribution is 2.49. The number of allylic oxidation sites excluding steroid dienone is 6. The summed E-state index contributed by atoms with van der Waals surface area (Å²) in [5.74, 6) is -1.67. The smallest absolute Gasteiger partial charge is 0.417 e. The number of aliphatic imine (C=N–C) groups is 1. The van der Waals surface area contributed by atoms with Crippen molar-refractivity contribution < 1.29 is 26.7 Å². The summed E-state index contributed by atoms with van der Waals surface area (Å²) in [7, 11) is 1.29. The Kier molecular flexibility index (Phi) is 12.6. The lowest BCUT2D eigenvalue weighted by Crippen LogP contribution is -2.39. The fourth-order valence-corrected chi connectivity index (χ4v) is 7.42. The summed E-state index contributed by atoms with van der Waals surface area (Å²) in [5, 5.41) is 10.1. The molecule has 0 fully saturated rings. The predicted molar refractivity (Wildman–Crippen MR) is 183 cm³/mol. The van der Waals surface area contributed by atoms with Crippen molar-refractivity contribution in [3.05, 3.63) is 75.2 Å². The third-order valence-corrected chi connectivity index (χ3v) is 10.7. The van der Waals surface area contributed by atoms with Crippen molar-refractivity contribution in [2.75, 3.05) is 13.7 Å². The molecule has 0 spiro atoms. The van der Waals surface area contributed by atoms with E-state index >= 15 is 22.0 Å². The lowest BCUT2D eigenvalue weighted by atomic mass is 9.83. The van der Waals surface area contributed by atoms with Gasteiger partial charge < -0.3 is 9.64 Å². The molecule has 0 saturated carbocycles. The van der Waals surface area contributed by atoms with Crippen LogP contribution in [0.1, 0.15) is 103 Å². The summed E-state index contributed by atoms with van der Waals surface area (Å²) >= 11 is 1.01. The third kappa shape index (κ3) is 7.83. The van der Waals surface area contributed by atoms with Crippen molar-refractivity contribution in [3.8, 4) is 6.07 Å². The maximum atomic E-state index is 17.1. The van der Waals surface area contributed by atoms with E-state index in [-0.39, 0.29) is 56.3 Å². The second-order valence-electron chi connectivity index (χ2n) is 12.6. The van der Waals surface area contributed by atoms with E-state index in [0.717, 1.165) is 48.8 Å². The second-order valence-corrected chi connectivity index (χ2v) is 13.6. The standard InChI is InChI=1S/C37H46F5N3OS/c1-11-21(6)14-17-30(20(4)5)45(13-3)23(8)26-18-28(37(40,41)42)32(33(39)34(26)44-24(9)46-10)25-15-16-29(38)36-31(25)27(19-43)35(47-36)22(7)12-2/h15-16,18,20-22,30H,9,11-14,17H2,1-8,10H3/b26-23+,44-34+. The van der Waals surface area contributed by atoms with Gasteiger partial charge in [0.15, 0.2) is 5.83 Å². The van der Waals surface area contributed by atoms with E-state index in [9.17, 15) is 5.26 Å². The van der Waals surface area contributed by atoms with Gasteiger partial charge in [0.25, 0.3) is 0 Å². The first-order valence-electron chi connectivity index (χ1n) is 16.2. The van der Waals surface area contributed by atoms with Gasteiger partial charge in [-0.3, -0.25) is 0 Å². The van der Waals surface area contributed by atoms with Crippen LogP contribution in [0.2, 0.25) is 0 Å². The van der Waals surface area contributed by atoms with E-state index in [1.165, 1.54) is 7.11 Å². The van der Waals surface area contributed by atoms with Crippen LogP contribution in [-0.2, 0) is 4.74 Å². The van der Waals surface area contributed by atoms with Crippen LogP contribution in [0, 0.1) is 29.0 Å². The van der Waals surface area contributed by atoms with Crippen LogP contribution in [-0.4, -0.2) is 36.5 Å². The number of halogens is 5. The molecule has 2 aromatic rings. The number of alkyl halides is 3. The first-order valence-corrected chi connectivity index (χ1v) is 17.0. The Balaban J connectivity index is 2.46. The normalized spacial score (nSPS) is 17.9. The molecule has 1 aliphatic rings. The van der Waals surface area contributed by atoms with Crippen LogP contribution in [0.15, 0.2) is 58.3 Å². The minimum absolute atomic E-state index is 0.00623. The van der Waals surface area contributed by atoms with Gasteiger partial charge in [0.05, 0.1) is 22.9 Å². The number of benzene rings is 1. The van der Waals surface area contributed by atoms with Crippen molar-refractivity contribution in [3.63, 3.8) is 0 Å². The Morgan fingerprint density at radius 1 is 1.09 bits per heavy atom. The number of hydrogen-bond donors (Lipinski definition) is 0. The van der Waals surface area contributed by atoms with E-state index in [4.69, 9.17) is 4.74 Å². The molecule has 1 aliphatic carbocycles. The molecule has 0 bridgehead atoms. The van der Waals surface area contributed by atoms with Gasteiger partial charge in [-0.15, -0.1) is 11.3 Å². The minimum Gasteiger partial charge on any atom is -0.481 e. The third-order valence-electron chi connectivity index (χ3n) is 9.26. The molecule has 3 unspecified atom stereocenters. The summed E-state index contributed by atoms with van der Waals surface area (Å²) in [6.45, 7) is 20.0. The Morgan fingerprint density at radius 3 is 2.26 bits per heavy atom. The molecule has 3 atom stereocenters. The number of rotatable bonds is 13. The van der Waals surface area contributed by atoms with E-state index in [1.54, 1.807) is 6.92 Å². The summed E-state index contributed by atoms with van der Waals surface area (Å²) in [5.41, 5.74) is -2.19. The molecule has 1 aromatic heterocycles. The maximum absolute atomic E-state index is 17.1. The SMILES string of the molecule is C=C(/N=C1/C(F)=C(c2ccc(F)c3sc(C(C)CC)c(C#N)c23)C(C(F)(F)F)=C/C1=C(/C)N(CC)C(CCC(C)CC)C(C)C)OC. The zero-order valence-corrected chi connectivity index (χ0v) is 29.6. The number of nitrogens with zero attached hydrogens (tertiary/aromatic N) is 3. The first kappa shape index (κ1) is 38.0. The number of ether oxygens (including phenoxy) is 1. The molecule has 4 nitrogen and oxygen atoms in total. The van der Waals surface area contributed by atoms with E-state index in [0.29, 0.717) is 29.5 Å². The lowest BCUT2D eigenvalue weighted by Gasteiger charge is -2.38. The average molecular weight is 676 g/mol. The van der Waals surface area contributed by atoms with Crippen LogP contribution in [0.25, 0.3) is 15.7 Å². The molecule has 1 heterocycles. The van der Waals surface area contributed by atoms with Gasteiger partial charge >= 0.3 is 6.18 Å². The van der Waals surface area contributed by atoms with Gasteiger partial charge in [-0.25, -0.2) is 13.8 Å². The Morgan fingerprint density at radius 2 is 1.74 bits per heavy atom. The number of hydrogen-bond acceptors (Lipinski definition) is 5. The molecule has 0 N–H and O–H groups in total. The highest BCUT2D eigenvalue weighted by Gasteiger charge is 2.43. The molecule has 0 radical (unpaired) electrons. The molecular formula is C37H46F5N3OS. The molecule has 1 aromatic carbocycles. The molecular weight excluding hydrogens is 629 g/mol. The average Bonchev–Trinajstić information content (AvgIpc) is 3.43. The van der Waals surface area contributed by atoms with Crippen LogP contribution >= 0.6 is 11.3 Å². The maximum Gasteiger partial charge on any atom is 0.417 e. The Bertz CT molecular complexity index is 1650. The monoisotopic (exact) mass is 675 g/mol. The molecule has 3 rings (SSSR count). The zero-order valence-electron chi connectivity index (χ0n) is 28.8. The Hall–Kier alpha value is -3.45. The van der Waals surface area contributed by atoms with Crippen molar-refractivity contribution >= 4 is 32.7 Å². The van der Waals surface area contributed by atoms with Gasteiger partial charge in [-0.05, 0) is 75.1 Å². The van der Waals surface area contributed by atoms with Crippen molar-refractivity contribution in [2.45, 2.75) is 99.2 Å². The fraction of sp³-hybridized carbons (Fsp3) is 0.514.